The number of carbonyl (C=O) groups excluding carboxylic acids is 1. The Bertz CT molecular complexity index is 2430. The van der Waals surface area contributed by atoms with Crippen LogP contribution in [0.15, 0.2) is 34.7 Å². The van der Waals surface area contributed by atoms with E-state index in [9.17, 15) is 23.1 Å². The summed E-state index contributed by atoms with van der Waals surface area (Å²) in [4.78, 5) is 27.5. The summed E-state index contributed by atoms with van der Waals surface area (Å²) >= 11 is 0. The van der Waals surface area contributed by atoms with E-state index in [1.165, 1.54) is 29.2 Å². The van der Waals surface area contributed by atoms with Gasteiger partial charge in [-0.1, -0.05) is 12.0 Å². The van der Waals surface area contributed by atoms with E-state index in [2.05, 4.69) is 15.8 Å². The highest BCUT2D eigenvalue weighted by molar-refractivity contribution is 6.18. The predicted molar refractivity (Wildman–Crippen MR) is 192 cm³/mol. The van der Waals surface area contributed by atoms with E-state index in [0.29, 0.717) is 49.3 Å². The van der Waals surface area contributed by atoms with Crippen molar-refractivity contribution < 1.29 is 41.0 Å². The van der Waals surface area contributed by atoms with Gasteiger partial charge in [-0.3, -0.25) is 9.69 Å². The number of nitrogens with zero attached hydrogens (tertiary/aromatic N) is 5. The van der Waals surface area contributed by atoms with Gasteiger partial charge in [-0.2, -0.15) is 18.7 Å². The number of aryl methyl sites for hydroxylation is 1. The molecule has 2 aromatic heterocycles. The number of ether oxygens (including phenoxy) is 1. The SMILES string of the molecule is C#Cc1c(F)ccc2cc(O)cc(-c3c(F)c4nc(OC[C@@]56CCCN5C[C@H](F)C6)nc(N5C[C@H]6CC[C@@H](C5)N6C(=O)C(C)(F)F)c4c4cc(C)oc34)c12. The molecule has 280 valence electrons. The van der Waals surface area contributed by atoms with Crippen molar-refractivity contribution >= 4 is 44.4 Å². The standard InChI is InChI=1S/C40H36F5N5O4/c1-4-26-29(42)9-6-21-13-25(51)14-27(30(21)26)31-33(43)34-32(28-12-20(2)54-35(28)31)36(48-17-23-7-8-24(18-48)50(23)37(52)39(3,44)45)47-38(46-34)53-19-40-10-5-11-49(40)16-22(41)15-40/h1,6,9,12-14,22-24,51H,5,7-8,10-11,15-19H2,2-3H3/t22-,23-,24+,40+/m1/s1. The number of terminal acetylenes is 1. The largest absolute Gasteiger partial charge is 0.508 e. The number of hydrogen-bond acceptors (Lipinski definition) is 8. The van der Waals surface area contributed by atoms with Gasteiger partial charge >= 0.3 is 11.9 Å². The number of anilines is 1. The fourth-order valence-corrected chi connectivity index (χ4v) is 9.52. The van der Waals surface area contributed by atoms with Crippen molar-refractivity contribution in [3.63, 3.8) is 0 Å². The minimum Gasteiger partial charge on any atom is -0.508 e. The van der Waals surface area contributed by atoms with Gasteiger partial charge in [0, 0.05) is 61.4 Å². The lowest BCUT2D eigenvalue weighted by atomic mass is 9.91. The number of alkyl halides is 3. The van der Waals surface area contributed by atoms with Crippen LogP contribution in [0.1, 0.15) is 50.4 Å². The van der Waals surface area contributed by atoms with Crippen LogP contribution in [0.2, 0.25) is 0 Å². The third-order valence-corrected chi connectivity index (χ3v) is 11.7. The number of benzene rings is 3. The molecule has 3 aromatic carbocycles. The molecule has 4 saturated heterocycles. The highest BCUT2D eigenvalue weighted by Crippen LogP contribution is 2.47. The lowest BCUT2D eigenvalue weighted by Gasteiger charge is -2.42. The number of halogens is 5. The molecule has 54 heavy (non-hydrogen) atoms. The van der Waals surface area contributed by atoms with Crippen LogP contribution in [-0.4, -0.2) is 93.3 Å². The molecule has 2 bridgehead atoms. The van der Waals surface area contributed by atoms with E-state index in [0.717, 1.165) is 13.0 Å². The Hall–Kier alpha value is -5.16. The number of furan rings is 1. The molecule has 0 unspecified atom stereocenters. The summed E-state index contributed by atoms with van der Waals surface area (Å²) < 4.78 is 88.6. The summed E-state index contributed by atoms with van der Waals surface area (Å²) in [6.07, 6.45) is 7.61. The molecule has 0 saturated carbocycles. The van der Waals surface area contributed by atoms with E-state index < -0.39 is 47.3 Å². The Labute approximate surface area is 306 Å². The number of fused-ring (bicyclic) bond motifs is 7. The highest BCUT2D eigenvalue weighted by Gasteiger charge is 2.51. The molecule has 9 rings (SSSR count). The first-order valence-electron chi connectivity index (χ1n) is 18.1. The normalized spacial score (nSPS) is 24.2. The van der Waals surface area contributed by atoms with Crippen molar-refractivity contribution in [1.82, 2.24) is 19.8 Å². The number of phenols is 1. The minimum atomic E-state index is -3.55. The average molecular weight is 746 g/mol. The topological polar surface area (TPSA) is 95.2 Å². The number of piperazine rings is 1. The van der Waals surface area contributed by atoms with E-state index in [4.69, 9.17) is 20.6 Å². The Morgan fingerprint density at radius 3 is 2.61 bits per heavy atom. The number of phenolic OH excluding ortho intramolecular Hbond substituents is 1. The van der Waals surface area contributed by atoms with Gasteiger partial charge in [0.25, 0.3) is 5.91 Å². The molecule has 0 aliphatic carbocycles. The number of amides is 1. The van der Waals surface area contributed by atoms with Crippen LogP contribution in [-0.2, 0) is 4.79 Å². The van der Waals surface area contributed by atoms with Crippen molar-refractivity contribution in [3.8, 4) is 35.2 Å². The van der Waals surface area contributed by atoms with E-state index in [1.54, 1.807) is 13.0 Å². The molecule has 4 aliphatic rings. The van der Waals surface area contributed by atoms with Crippen molar-refractivity contribution in [3.05, 3.63) is 53.3 Å². The molecular formula is C40H36F5N5O4. The third-order valence-electron chi connectivity index (χ3n) is 11.7. The maximum Gasteiger partial charge on any atom is 0.322 e. The van der Waals surface area contributed by atoms with Gasteiger partial charge in [-0.15, -0.1) is 6.42 Å². The first-order chi connectivity index (χ1) is 25.8. The highest BCUT2D eigenvalue weighted by atomic mass is 19.3. The Kier molecular flexibility index (Phi) is 7.80. The van der Waals surface area contributed by atoms with Crippen LogP contribution in [0.25, 0.3) is 43.8 Å². The monoisotopic (exact) mass is 745 g/mol. The molecule has 0 radical (unpaired) electrons. The molecule has 14 heteroatoms. The van der Waals surface area contributed by atoms with Gasteiger partial charge in [0.2, 0.25) is 0 Å². The molecule has 0 spiro atoms. The molecular weight excluding hydrogens is 709 g/mol. The maximum absolute atomic E-state index is 17.6. The summed E-state index contributed by atoms with van der Waals surface area (Å²) in [6.45, 7) is 3.62. The first kappa shape index (κ1) is 34.6. The second-order valence-electron chi connectivity index (χ2n) is 15.3. The van der Waals surface area contributed by atoms with Gasteiger partial charge in [-0.05, 0) is 68.8 Å². The second-order valence-corrected chi connectivity index (χ2v) is 15.3. The minimum absolute atomic E-state index is 0.0566. The van der Waals surface area contributed by atoms with Crippen molar-refractivity contribution in [2.24, 2.45) is 0 Å². The van der Waals surface area contributed by atoms with Crippen molar-refractivity contribution in [2.45, 2.75) is 75.7 Å². The number of aromatic hydroxyl groups is 1. The summed E-state index contributed by atoms with van der Waals surface area (Å²) in [6, 6.07) is 5.73. The Balaban J connectivity index is 1.26. The molecule has 1 N–H and O–H groups in total. The number of hydrogen-bond donors (Lipinski definition) is 1. The van der Waals surface area contributed by atoms with Crippen LogP contribution >= 0.6 is 0 Å². The lowest BCUT2D eigenvalue weighted by molar-refractivity contribution is -0.158. The fourth-order valence-electron chi connectivity index (χ4n) is 9.52. The Morgan fingerprint density at radius 2 is 1.89 bits per heavy atom. The van der Waals surface area contributed by atoms with Gasteiger partial charge < -0.3 is 24.1 Å². The maximum atomic E-state index is 17.6. The third kappa shape index (κ3) is 5.26. The predicted octanol–water partition coefficient (Wildman–Crippen LogP) is 7.26. The quantitative estimate of drug-likeness (QED) is 0.144. The molecule has 4 atom stereocenters. The lowest BCUT2D eigenvalue weighted by Crippen LogP contribution is -2.59. The first-order valence-corrected chi connectivity index (χ1v) is 18.1. The Morgan fingerprint density at radius 1 is 1.13 bits per heavy atom. The zero-order valence-electron chi connectivity index (χ0n) is 29.6. The van der Waals surface area contributed by atoms with Crippen molar-refractivity contribution in [1.29, 1.82) is 0 Å². The smallest absolute Gasteiger partial charge is 0.322 e. The van der Waals surface area contributed by atoms with Gasteiger partial charge in [-0.25, -0.2) is 13.2 Å². The van der Waals surface area contributed by atoms with E-state index in [-0.39, 0.29) is 82.3 Å². The molecule has 6 heterocycles. The number of carbonyl (C=O) groups is 1. The zero-order valence-corrected chi connectivity index (χ0v) is 29.6. The van der Waals surface area contributed by atoms with Gasteiger partial charge in [0.15, 0.2) is 5.82 Å². The molecule has 9 nitrogen and oxygen atoms in total. The van der Waals surface area contributed by atoms with E-state index in [1.807, 2.05) is 4.90 Å². The van der Waals surface area contributed by atoms with Crippen LogP contribution in [0.5, 0.6) is 11.8 Å². The van der Waals surface area contributed by atoms with Crippen LogP contribution in [0.4, 0.5) is 27.8 Å². The van der Waals surface area contributed by atoms with Gasteiger partial charge in [0.05, 0.1) is 22.1 Å². The summed E-state index contributed by atoms with van der Waals surface area (Å²) in [5.74, 6) is -3.57. The molecule has 4 fully saturated rings. The van der Waals surface area contributed by atoms with Crippen LogP contribution < -0.4 is 9.64 Å². The van der Waals surface area contributed by atoms with Crippen LogP contribution in [0, 0.1) is 30.9 Å². The second kappa shape index (κ2) is 12.2. The molecule has 5 aromatic rings. The summed E-state index contributed by atoms with van der Waals surface area (Å²) in [5, 5.41) is 12.0. The number of aromatic nitrogens is 2. The average Bonchev–Trinajstić information content (AvgIpc) is 3.85. The summed E-state index contributed by atoms with van der Waals surface area (Å²) in [5.41, 5.74) is -0.853. The van der Waals surface area contributed by atoms with Crippen LogP contribution in [0.3, 0.4) is 0 Å². The molecule has 4 aliphatic heterocycles. The fraction of sp³-hybridized carbons (Fsp3) is 0.425. The zero-order chi connectivity index (χ0) is 37.8. The van der Waals surface area contributed by atoms with Gasteiger partial charge in [0.1, 0.15) is 47.0 Å². The van der Waals surface area contributed by atoms with Crippen molar-refractivity contribution in [2.75, 3.05) is 37.7 Å². The molecule has 1 amide bonds. The summed E-state index contributed by atoms with van der Waals surface area (Å²) in [7, 11) is 0. The van der Waals surface area contributed by atoms with E-state index >= 15 is 8.78 Å². The number of rotatable bonds is 6.